The molecule has 1 aliphatic carbocycles. The van der Waals surface area contributed by atoms with Crippen LogP contribution in [0.5, 0.6) is 0 Å². The van der Waals surface area contributed by atoms with Crippen molar-refractivity contribution in [3.63, 3.8) is 0 Å². The molecule has 0 radical (unpaired) electrons. The van der Waals surface area contributed by atoms with Gasteiger partial charge in [-0.1, -0.05) is 0 Å². The predicted octanol–water partition coefficient (Wildman–Crippen LogP) is -1.49. The van der Waals surface area contributed by atoms with Crippen molar-refractivity contribution in [2.24, 2.45) is 0 Å². The summed E-state index contributed by atoms with van der Waals surface area (Å²) in [5, 5.41) is 11.1. The van der Waals surface area contributed by atoms with E-state index in [2.05, 4.69) is 10.0 Å². The van der Waals surface area contributed by atoms with E-state index in [1.165, 1.54) is 7.05 Å². The summed E-state index contributed by atoms with van der Waals surface area (Å²) in [7, 11) is -2.55. The van der Waals surface area contributed by atoms with E-state index in [0.29, 0.717) is 0 Å². The number of aliphatic carboxylic acids is 1. The van der Waals surface area contributed by atoms with Crippen molar-refractivity contribution in [1.29, 1.82) is 0 Å². The zero-order chi connectivity index (χ0) is 13.8. The molecule has 0 saturated heterocycles. The van der Waals surface area contributed by atoms with Gasteiger partial charge in [-0.15, -0.1) is 0 Å². The smallest absolute Gasteiger partial charge is 0.304 e. The van der Waals surface area contributed by atoms with Crippen molar-refractivity contribution in [2.45, 2.75) is 25.3 Å². The molecule has 0 spiro atoms. The summed E-state index contributed by atoms with van der Waals surface area (Å²) in [5.41, 5.74) is 0. The topological polar surface area (TPSA) is 116 Å². The van der Waals surface area contributed by atoms with Gasteiger partial charge in [0.2, 0.25) is 5.91 Å². The molecule has 0 aromatic carbocycles. The molecule has 104 valence electrons. The lowest BCUT2D eigenvalue weighted by molar-refractivity contribution is -0.137. The molecule has 8 nitrogen and oxygen atoms in total. The number of amides is 1. The van der Waals surface area contributed by atoms with Crippen molar-refractivity contribution in [1.82, 2.24) is 14.3 Å². The molecule has 1 aliphatic rings. The first kappa shape index (κ1) is 14.9. The number of hydrogen-bond donors (Lipinski definition) is 3. The van der Waals surface area contributed by atoms with E-state index in [1.807, 2.05) is 0 Å². The number of carbonyl (C=O) groups is 2. The van der Waals surface area contributed by atoms with E-state index in [4.69, 9.17) is 5.11 Å². The molecule has 1 saturated carbocycles. The van der Waals surface area contributed by atoms with Crippen molar-refractivity contribution in [3.05, 3.63) is 0 Å². The maximum atomic E-state index is 11.6. The highest BCUT2D eigenvalue weighted by molar-refractivity contribution is 7.87. The Morgan fingerprint density at radius 1 is 1.39 bits per heavy atom. The fraction of sp³-hybridized carbons (Fsp3) is 0.778. The molecular formula is C9H17N3O5S. The number of carboxylic acids is 1. The van der Waals surface area contributed by atoms with Crippen LogP contribution in [-0.4, -0.2) is 55.9 Å². The van der Waals surface area contributed by atoms with Gasteiger partial charge in [-0.05, 0) is 12.8 Å². The number of nitrogens with zero attached hydrogens (tertiary/aromatic N) is 1. The molecule has 9 heteroatoms. The molecule has 1 fully saturated rings. The second-order valence-corrected chi connectivity index (χ2v) is 6.00. The van der Waals surface area contributed by atoms with E-state index in [1.54, 1.807) is 0 Å². The second kappa shape index (κ2) is 6.12. The van der Waals surface area contributed by atoms with Crippen LogP contribution in [0.3, 0.4) is 0 Å². The van der Waals surface area contributed by atoms with Crippen LogP contribution in [0.15, 0.2) is 0 Å². The van der Waals surface area contributed by atoms with E-state index in [-0.39, 0.29) is 31.5 Å². The Bertz CT molecular complexity index is 418. The van der Waals surface area contributed by atoms with Crippen molar-refractivity contribution in [2.75, 3.05) is 20.1 Å². The standard InChI is InChI=1S/C9H17N3O5S/c1-12(5-4-9(14)15)18(16,17)10-6-8(13)11-7-2-3-7/h7,10H,2-6H2,1H3,(H,11,13)(H,14,15). The molecule has 1 amide bonds. The Kier molecular flexibility index (Phi) is 5.05. The molecule has 0 aromatic heterocycles. The van der Waals surface area contributed by atoms with Crippen LogP contribution >= 0.6 is 0 Å². The summed E-state index contributed by atoms with van der Waals surface area (Å²) in [6.45, 7) is -0.481. The maximum absolute atomic E-state index is 11.6. The number of carbonyl (C=O) groups excluding carboxylic acids is 1. The first-order valence-corrected chi connectivity index (χ1v) is 6.97. The summed E-state index contributed by atoms with van der Waals surface area (Å²) in [6, 6.07) is 0.173. The third kappa shape index (κ3) is 5.43. The Labute approximate surface area is 106 Å². The predicted molar refractivity (Wildman–Crippen MR) is 63.0 cm³/mol. The van der Waals surface area contributed by atoms with Crippen LogP contribution in [0.2, 0.25) is 0 Å². The molecule has 0 aliphatic heterocycles. The molecule has 0 unspecified atom stereocenters. The summed E-state index contributed by atoms with van der Waals surface area (Å²) in [5.74, 6) is -1.46. The lowest BCUT2D eigenvalue weighted by Crippen LogP contribution is -2.44. The first-order chi connectivity index (χ1) is 8.31. The third-order valence-electron chi connectivity index (χ3n) is 2.41. The summed E-state index contributed by atoms with van der Waals surface area (Å²) >= 11 is 0. The minimum Gasteiger partial charge on any atom is -0.481 e. The Morgan fingerprint density at radius 2 is 2.00 bits per heavy atom. The summed E-state index contributed by atoms with van der Waals surface area (Å²) < 4.78 is 26.2. The average molecular weight is 279 g/mol. The van der Waals surface area contributed by atoms with Gasteiger partial charge < -0.3 is 10.4 Å². The second-order valence-electron chi connectivity index (χ2n) is 4.13. The van der Waals surface area contributed by atoms with Gasteiger partial charge in [-0.3, -0.25) is 9.59 Å². The van der Waals surface area contributed by atoms with Crippen LogP contribution < -0.4 is 10.0 Å². The maximum Gasteiger partial charge on any atom is 0.304 e. The van der Waals surface area contributed by atoms with Crippen molar-refractivity contribution < 1.29 is 23.1 Å². The van der Waals surface area contributed by atoms with E-state index in [0.717, 1.165) is 17.1 Å². The molecule has 0 atom stereocenters. The van der Waals surface area contributed by atoms with Crippen LogP contribution in [0, 0.1) is 0 Å². The highest BCUT2D eigenvalue weighted by Crippen LogP contribution is 2.18. The van der Waals surface area contributed by atoms with Crippen LogP contribution in [0.25, 0.3) is 0 Å². The van der Waals surface area contributed by atoms with E-state index in [9.17, 15) is 18.0 Å². The number of carboxylic acid groups (broad SMARTS) is 1. The minimum absolute atomic E-state index is 0.144. The Balaban J connectivity index is 2.32. The summed E-state index contributed by atoms with van der Waals surface area (Å²) in [4.78, 5) is 21.6. The monoisotopic (exact) mass is 279 g/mol. The molecule has 0 bridgehead atoms. The zero-order valence-corrected chi connectivity index (χ0v) is 10.9. The van der Waals surface area contributed by atoms with Gasteiger partial charge in [0.1, 0.15) is 0 Å². The largest absolute Gasteiger partial charge is 0.481 e. The lowest BCUT2D eigenvalue weighted by Gasteiger charge is -2.16. The van der Waals surface area contributed by atoms with E-state index >= 15 is 0 Å². The number of rotatable bonds is 8. The molecule has 0 aromatic rings. The SMILES string of the molecule is CN(CCC(=O)O)S(=O)(=O)NCC(=O)NC1CC1. The number of hydrogen-bond acceptors (Lipinski definition) is 4. The van der Waals surface area contributed by atoms with Crippen molar-refractivity contribution >= 4 is 22.1 Å². The van der Waals surface area contributed by atoms with Gasteiger partial charge in [0.05, 0.1) is 13.0 Å². The third-order valence-corrected chi connectivity index (χ3v) is 3.92. The molecule has 18 heavy (non-hydrogen) atoms. The Hall–Kier alpha value is -1.19. The first-order valence-electron chi connectivity index (χ1n) is 5.53. The fourth-order valence-corrected chi connectivity index (χ4v) is 2.01. The normalized spacial score (nSPS) is 15.7. The lowest BCUT2D eigenvalue weighted by atomic mass is 10.4. The molecule has 0 heterocycles. The van der Waals surface area contributed by atoms with Gasteiger partial charge in [0, 0.05) is 19.6 Å². The Morgan fingerprint density at radius 3 is 2.50 bits per heavy atom. The summed E-state index contributed by atoms with van der Waals surface area (Å²) in [6.07, 6.45) is 1.57. The van der Waals surface area contributed by atoms with Gasteiger partial charge in [-0.2, -0.15) is 17.4 Å². The highest BCUT2D eigenvalue weighted by Gasteiger charge is 2.24. The van der Waals surface area contributed by atoms with E-state index < -0.39 is 16.2 Å². The van der Waals surface area contributed by atoms with Crippen LogP contribution in [0.1, 0.15) is 19.3 Å². The minimum atomic E-state index is -3.81. The number of nitrogens with one attached hydrogen (secondary N) is 2. The quantitative estimate of drug-likeness (QED) is 0.500. The fourth-order valence-electron chi connectivity index (χ4n) is 1.15. The van der Waals surface area contributed by atoms with Gasteiger partial charge >= 0.3 is 5.97 Å². The van der Waals surface area contributed by atoms with Gasteiger partial charge in [-0.25, -0.2) is 0 Å². The van der Waals surface area contributed by atoms with Gasteiger partial charge in [0.25, 0.3) is 10.2 Å². The highest BCUT2D eigenvalue weighted by atomic mass is 32.2. The molecule has 1 rings (SSSR count). The zero-order valence-electron chi connectivity index (χ0n) is 10.0. The van der Waals surface area contributed by atoms with Crippen LogP contribution in [0.4, 0.5) is 0 Å². The van der Waals surface area contributed by atoms with Crippen molar-refractivity contribution in [3.8, 4) is 0 Å². The van der Waals surface area contributed by atoms with Gasteiger partial charge in [0.15, 0.2) is 0 Å². The molecule has 3 N–H and O–H groups in total. The van der Waals surface area contributed by atoms with Crippen LogP contribution in [-0.2, 0) is 19.8 Å². The molecular weight excluding hydrogens is 262 g/mol. The average Bonchev–Trinajstić information content (AvgIpc) is 3.07.